The molecule has 0 spiro atoms. The average Bonchev–Trinajstić information content (AvgIpc) is 2.31. The summed E-state index contributed by atoms with van der Waals surface area (Å²) >= 11 is 0. The van der Waals surface area contributed by atoms with Gasteiger partial charge in [-0.2, -0.15) is 8.42 Å². The van der Waals surface area contributed by atoms with Gasteiger partial charge < -0.3 is 0 Å². The van der Waals surface area contributed by atoms with Gasteiger partial charge in [-0.05, 0) is 6.42 Å². The van der Waals surface area contributed by atoms with Crippen LogP contribution in [0.15, 0.2) is 0 Å². The van der Waals surface area contributed by atoms with E-state index < -0.39 is 25.2 Å². The highest BCUT2D eigenvalue weighted by molar-refractivity contribution is 7.94. The Kier molecular flexibility index (Phi) is 2.46. The van der Waals surface area contributed by atoms with Gasteiger partial charge in [-0.3, -0.25) is 4.18 Å². The minimum absolute atomic E-state index is 0.0553. The molecule has 1 atom stereocenters. The van der Waals surface area contributed by atoms with Crippen molar-refractivity contribution >= 4 is 20.0 Å². The fraction of sp³-hybridized carbons (Fsp3) is 1.00. The Balaban J connectivity index is 2.85. The van der Waals surface area contributed by atoms with E-state index in [2.05, 4.69) is 4.18 Å². The molecule has 0 unspecified atom stereocenters. The maximum Gasteiger partial charge on any atom is 0.271 e. The van der Waals surface area contributed by atoms with Crippen molar-refractivity contribution in [2.75, 3.05) is 18.6 Å². The molecule has 0 amide bonds. The van der Waals surface area contributed by atoms with Crippen LogP contribution in [0.4, 0.5) is 0 Å². The van der Waals surface area contributed by atoms with Crippen molar-refractivity contribution in [1.82, 2.24) is 0 Å². The SMILES string of the molecule is COS(=O)(=O)[C@@H]1CCS(=O)(=O)C1. The van der Waals surface area contributed by atoms with E-state index in [0.717, 1.165) is 7.11 Å². The zero-order chi connectivity index (χ0) is 9.41. The van der Waals surface area contributed by atoms with E-state index in [1.807, 2.05) is 0 Å². The predicted molar refractivity (Wildman–Crippen MR) is 43.0 cm³/mol. The molecule has 1 rings (SSSR count). The van der Waals surface area contributed by atoms with Gasteiger partial charge >= 0.3 is 0 Å². The van der Waals surface area contributed by atoms with Gasteiger partial charge in [0.25, 0.3) is 10.1 Å². The molecule has 0 saturated carbocycles. The van der Waals surface area contributed by atoms with Crippen molar-refractivity contribution in [3.8, 4) is 0 Å². The van der Waals surface area contributed by atoms with Gasteiger partial charge in [0.15, 0.2) is 9.84 Å². The van der Waals surface area contributed by atoms with E-state index in [4.69, 9.17) is 0 Å². The molecule has 0 aliphatic carbocycles. The smallest absolute Gasteiger partial charge is 0.271 e. The van der Waals surface area contributed by atoms with E-state index >= 15 is 0 Å². The quantitative estimate of drug-likeness (QED) is 0.559. The molecule has 1 fully saturated rings. The lowest BCUT2D eigenvalue weighted by Gasteiger charge is -2.05. The van der Waals surface area contributed by atoms with Gasteiger partial charge in [0.2, 0.25) is 0 Å². The average molecular weight is 214 g/mol. The lowest BCUT2D eigenvalue weighted by atomic mass is 10.4. The second kappa shape index (κ2) is 2.97. The Hall–Kier alpha value is -0.140. The molecular formula is C5H10O5S2. The van der Waals surface area contributed by atoms with Crippen LogP contribution in [-0.2, 0) is 24.1 Å². The van der Waals surface area contributed by atoms with E-state index in [-0.39, 0.29) is 17.9 Å². The highest BCUT2D eigenvalue weighted by Gasteiger charge is 2.37. The highest BCUT2D eigenvalue weighted by atomic mass is 32.2. The third-order valence-electron chi connectivity index (χ3n) is 1.83. The summed E-state index contributed by atoms with van der Waals surface area (Å²) in [6, 6.07) is 0. The lowest BCUT2D eigenvalue weighted by molar-refractivity contribution is 0.389. The summed E-state index contributed by atoms with van der Waals surface area (Å²) in [5.74, 6) is -0.358. The standard InChI is InChI=1S/C5H10O5S2/c1-10-12(8,9)5-2-3-11(6,7)4-5/h5H,2-4H2,1H3/t5-/m1/s1. The summed E-state index contributed by atoms with van der Waals surface area (Å²) < 4.78 is 48.0. The van der Waals surface area contributed by atoms with Crippen LogP contribution < -0.4 is 0 Å². The summed E-state index contributed by atoms with van der Waals surface area (Å²) in [6.45, 7) is 0. The first kappa shape index (κ1) is 9.94. The van der Waals surface area contributed by atoms with E-state index in [1.165, 1.54) is 0 Å². The topological polar surface area (TPSA) is 77.5 Å². The minimum Gasteiger partial charge on any atom is -0.273 e. The molecule has 1 heterocycles. The summed E-state index contributed by atoms with van der Waals surface area (Å²) in [4.78, 5) is 0. The van der Waals surface area contributed by atoms with Gasteiger partial charge in [-0.1, -0.05) is 0 Å². The normalized spacial score (nSPS) is 28.9. The van der Waals surface area contributed by atoms with E-state index in [0.29, 0.717) is 0 Å². The number of hydrogen-bond donors (Lipinski definition) is 0. The van der Waals surface area contributed by atoms with Crippen LogP contribution in [0, 0.1) is 0 Å². The molecule has 0 aromatic heterocycles. The van der Waals surface area contributed by atoms with Gasteiger partial charge in [0.1, 0.15) is 5.25 Å². The fourth-order valence-electron chi connectivity index (χ4n) is 1.12. The van der Waals surface area contributed by atoms with Crippen molar-refractivity contribution in [3.05, 3.63) is 0 Å². The Morgan fingerprint density at radius 3 is 2.33 bits per heavy atom. The molecule has 1 saturated heterocycles. The molecule has 1 aliphatic rings. The number of hydrogen-bond acceptors (Lipinski definition) is 5. The summed E-state index contributed by atoms with van der Waals surface area (Å²) in [5.41, 5.74) is 0. The number of rotatable bonds is 2. The Bertz CT molecular complexity index is 351. The summed E-state index contributed by atoms with van der Waals surface area (Å²) in [6.07, 6.45) is 0.151. The van der Waals surface area contributed by atoms with Crippen molar-refractivity contribution in [3.63, 3.8) is 0 Å². The maximum atomic E-state index is 11.0. The van der Waals surface area contributed by atoms with Gasteiger partial charge in [-0.15, -0.1) is 0 Å². The van der Waals surface area contributed by atoms with Crippen LogP contribution in [0.1, 0.15) is 6.42 Å². The zero-order valence-electron chi connectivity index (χ0n) is 6.56. The van der Waals surface area contributed by atoms with Crippen molar-refractivity contribution < 1.29 is 21.0 Å². The van der Waals surface area contributed by atoms with Crippen LogP contribution in [0.3, 0.4) is 0 Å². The van der Waals surface area contributed by atoms with Crippen LogP contribution in [0.5, 0.6) is 0 Å². The van der Waals surface area contributed by atoms with E-state index in [1.54, 1.807) is 0 Å². The van der Waals surface area contributed by atoms with Crippen LogP contribution in [-0.4, -0.2) is 40.7 Å². The second-order valence-corrected chi connectivity index (χ2v) is 6.90. The molecule has 0 aromatic carbocycles. The molecule has 0 N–H and O–H groups in total. The zero-order valence-corrected chi connectivity index (χ0v) is 8.19. The van der Waals surface area contributed by atoms with Crippen molar-refractivity contribution in [2.45, 2.75) is 11.7 Å². The van der Waals surface area contributed by atoms with Gasteiger partial charge in [-0.25, -0.2) is 8.42 Å². The van der Waals surface area contributed by atoms with E-state index in [9.17, 15) is 16.8 Å². The monoisotopic (exact) mass is 214 g/mol. The first-order chi connectivity index (χ1) is 5.37. The molecule has 72 valence electrons. The Morgan fingerprint density at radius 2 is 2.00 bits per heavy atom. The molecule has 7 heteroatoms. The Morgan fingerprint density at radius 1 is 1.42 bits per heavy atom. The van der Waals surface area contributed by atoms with Crippen LogP contribution in [0.25, 0.3) is 0 Å². The number of sulfone groups is 1. The second-order valence-electron chi connectivity index (χ2n) is 2.68. The third kappa shape index (κ3) is 1.96. The fourth-order valence-corrected chi connectivity index (χ4v) is 4.78. The van der Waals surface area contributed by atoms with Crippen molar-refractivity contribution in [2.24, 2.45) is 0 Å². The minimum atomic E-state index is -3.65. The maximum absolute atomic E-state index is 11.0. The first-order valence-electron chi connectivity index (χ1n) is 3.37. The molecule has 1 aliphatic heterocycles. The summed E-state index contributed by atoms with van der Waals surface area (Å²) in [7, 11) is -5.75. The van der Waals surface area contributed by atoms with Crippen LogP contribution in [0.2, 0.25) is 0 Å². The highest BCUT2D eigenvalue weighted by Crippen LogP contribution is 2.19. The lowest BCUT2D eigenvalue weighted by Crippen LogP contribution is -2.23. The molecule has 0 radical (unpaired) electrons. The van der Waals surface area contributed by atoms with Gasteiger partial charge in [0.05, 0.1) is 18.6 Å². The molecule has 5 nitrogen and oxygen atoms in total. The van der Waals surface area contributed by atoms with Crippen LogP contribution >= 0.6 is 0 Å². The first-order valence-corrected chi connectivity index (χ1v) is 6.66. The summed E-state index contributed by atoms with van der Waals surface area (Å²) in [5, 5.41) is -0.868. The largest absolute Gasteiger partial charge is 0.273 e. The molecule has 0 aromatic rings. The van der Waals surface area contributed by atoms with Gasteiger partial charge in [0, 0.05) is 0 Å². The Labute approximate surface area is 71.8 Å². The van der Waals surface area contributed by atoms with Crippen molar-refractivity contribution in [1.29, 1.82) is 0 Å². The molecule has 12 heavy (non-hydrogen) atoms. The third-order valence-corrected chi connectivity index (χ3v) is 5.49. The predicted octanol–water partition coefficient (Wildman–Crippen LogP) is -0.850. The molecular weight excluding hydrogens is 204 g/mol. The molecule has 0 bridgehead atoms.